The molecule has 3 aromatic rings. The minimum absolute atomic E-state index is 0.275. The standard InChI is InChI=1S/C16H17BrN4O/c1-2-11-5-6-14(22-11)13-4-3-8-20(13)15-7-9-21-16(19-15)12(17)10-18-21/h5-7,9-10,13H,2-4,8H2,1H3. The summed E-state index contributed by atoms with van der Waals surface area (Å²) in [6, 6.07) is 6.48. The van der Waals surface area contributed by atoms with E-state index in [-0.39, 0.29) is 6.04 Å². The molecular weight excluding hydrogens is 344 g/mol. The fourth-order valence-corrected chi connectivity index (χ4v) is 3.45. The van der Waals surface area contributed by atoms with Crippen LogP contribution in [0, 0.1) is 0 Å². The maximum atomic E-state index is 5.97. The lowest BCUT2D eigenvalue weighted by molar-refractivity contribution is 0.434. The van der Waals surface area contributed by atoms with Crippen LogP contribution in [0.1, 0.15) is 37.3 Å². The maximum absolute atomic E-state index is 5.97. The van der Waals surface area contributed by atoms with Crippen molar-refractivity contribution in [2.75, 3.05) is 11.4 Å². The Hall–Kier alpha value is -1.82. The summed E-state index contributed by atoms with van der Waals surface area (Å²) in [6.45, 7) is 3.11. The topological polar surface area (TPSA) is 46.6 Å². The number of nitrogens with zero attached hydrogens (tertiary/aromatic N) is 4. The summed E-state index contributed by atoms with van der Waals surface area (Å²) in [6.07, 6.45) is 6.91. The van der Waals surface area contributed by atoms with Gasteiger partial charge in [0.2, 0.25) is 0 Å². The quantitative estimate of drug-likeness (QED) is 0.708. The molecule has 0 bridgehead atoms. The Labute approximate surface area is 137 Å². The summed E-state index contributed by atoms with van der Waals surface area (Å²) >= 11 is 3.50. The Bertz CT molecular complexity index is 809. The molecule has 22 heavy (non-hydrogen) atoms. The van der Waals surface area contributed by atoms with Crippen LogP contribution in [0.2, 0.25) is 0 Å². The smallest absolute Gasteiger partial charge is 0.171 e. The Morgan fingerprint density at radius 3 is 3.09 bits per heavy atom. The van der Waals surface area contributed by atoms with Crippen molar-refractivity contribution in [1.82, 2.24) is 14.6 Å². The van der Waals surface area contributed by atoms with Crippen LogP contribution in [0.3, 0.4) is 0 Å². The van der Waals surface area contributed by atoms with E-state index in [1.165, 1.54) is 0 Å². The number of aryl methyl sites for hydroxylation is 1. The van der Waals surface area contributed by atoms with E-state index in [0.29, 0.717) is 0 Å². The molecule has 0 amide bonds. The number of aromatic nitrogens is 3. The summed E-state index contributed by atoms with van der Waals surface area (Å²) in [5.74, 6) is 3.07. The first-order chi connectivity index (χ1) is 10.8. The van der Waals surface area contributed by atoms with E-state index in [0.717, 1.165) is 53.3 Å². The summed E-state index contributed by atoms with van der Waals surface area (Å²) in [5, 5.41) is 4.25. The van der Waals surface area contributed by atoms with Gasteiger partial charge in [-0.2, -0.15) is 5.10 Å². The molecule has 4 rings (SSSR count). The van der Waals surface area contributed by atoms with E-state index in [4.69, 9.17) is 9.40 Å². The van der Waals surface area contributed by atoms with Crippen molar-refractivity contribution in [2.45, 2.75) is 32.2 Å². The summed E-state index contributed by atoms with van der Waals surface area (Å²) in [5.41, 5.74) is 0.844. The molecule has 0 saturated carbocycles. The highest BCUT2D eigenvalue weighted by Crippen LogP contribution is 2.36. The Kier molecular flexibility index (Phi) is 3.41. The second-order valence-corrected chi connectivity index (χ2v) is 6.41. The van der Waals surface area contributed by atoms with Gasteiger partial charge in [0, 0.05) is 19.2 Å². The van der Waals surface area contributed by atoms with Crippen LogP contribution in [-0.4, -0.2) is 21.1 Å². The van der Waals surface area contributed by atoms with Gasteiger partial charge in [0.25, 0.3) is 0 Å². The number of rotatable bonds is 3. The van der Waals surface area contributed by atoms with Gasteiger partial charge in [0.1, 0.15) is 17.3 Å². The molecule has 1 fully saturated rings. The minimum Gasteiger partial charge on any atom is -0.464 e. The van der Waals surface area contributed by atoms with Crippen molar-refractivity contribution in [1.29, 1.82) is 0 Å². The normalized spacial score (nSPS) is 18.5. The number of hydrogen-bond donors (Lipinski definition) is 0. The molecule has 0 aromatic carbocycles. The molecule has 0 spiro atoms. The third kappa shape index (κ3) is 2.22. The van der Waals surface area contributed by atoms with E-state index < -0.39 is 0 Å². The van der Waals surface area contributed by atoms with E-state index in [1.54, 1.807) is 10.7 Å². The van der Waals surface area contributed by atoms with Crippen LogP contribution < -0.4 is 4.90 Å². The van der Waals surface area contributed by atoms with Crippen molar-refractivity contribution in [3.8, 4) is 0 Å². The van der Waals surface area contributed by atoms with Crippen molar-refractivity contribution in [2.24, 2.45) is 0 Å². The van der Waals surface area contributed by atoms with Crippen molar-refractivity contribution in [3.63, 3.8) is 0 Å². The van der Waals surface area contributed by atoms with Crippen molar-refractivity contribution >= 4 is 27.4 Å². The molecule has 0 aliphatic carbocycles. The van der Waals surface area contributed by atoms with Gasteiger partial charge < -0.3 is 9.32 Å². The lowest BCUT2D eigenvalue weighted by Gasteiger charge is -2.24. The highest BCUT2D eigenvalue weighted by atomic mass is 79.9. The van der Waals surface area contributed by atoms with E-state index in [9.17, 15) is 0 Å². The molecule has 1 aliphatic rings. The second-order valence-electron chi connectivity index (χ2n) is 5.56. The first-order valence-corrected chi connectivity index (χ1v) is 8.40. The van der Waals surface area contributed by atoms with Crippen LogP contribution in [-0.2, 0) is 6.42 Å². The lowest BCUT2D eigenvalue weighted by atomic mass is 10.1. The first-order valence-electron chi connectivity index (χ1n) is 7.61. The van der Waals surface area contributed by atoms with Crippen LogP contribution >= 0.6 is 15.9 Å². The summed E-state index contributed by atoms with van der Waals surface area (Å²) < 4.78 is 8.66. The zero-order valence-corrected chi connectivity index (χ0v) is 14.0. The molecule has 0 radical (unpaired) electrons. The van der Waals surface area contributed by atoms with E-state index >= 15 is 0 Å². The number of halogens is 1. The number of furan rings is 1. The molecule has 1 saturated heterocycles. The highest BCUT2D eigenvalue weighted by molar-refractivity contribution is 9.10. The molecular formula is C16H17BrN4O. The maximum Gasteiger partial charge on any atom is 0.171 e. The molecule has 0 N–H and O–H groups in total. The Morgan fingerprint density at radius 2 is 2.27 bits per heavy atom. The highest BCUT2D eigenvalue weighted by Gasteiger charge is 2.29. The zero-order chi connectivity index (χ0) is 15.1. The molecule has 114 valence electrons. The van der Waals surface area contributed by atoms with Gasteiger partial charge in [-0.25, -0.2) is 9.50 Å². The van der Waals surface area contributed by atoms with E-state index in [1.807, 2.05) is 12.3 Å². The van der Waals surface area contributed by atoms with Gasteiger partial charge in [-0.1, -0.05) is 6.92 Å². The van der Waals surface area contributed by atoms with Gasteiger partial charge in [0.05, 0.1) is 16.7 Å². The van der Waals surface area contributed by atoms with Gasteiger partial charge in [-0.15, -0.1) is 0 Å². The molecule has 3 aromatic heterocycles. The molecule has 1 aliphatic heterocycles. The Balaban J connectivity index is 1.70. The van der Waals surface area contributed by atoms with Gasteiger partial charge in [-0.3, -0.25) is 0 Å². The number of fused-ring (bicyclic) bond motifs is 1. The molecule has 4 heterocycles. The third-order valence-electron chi connectivity index (χ3n) is 4.22. The fraction of sp³-hybridized carbons (Fsp3) is 0.375. The average Bonchev–Trinajstić information content (AvgIpc) is 3.25. The number of hydrogen-bond acceptors (Lipinski definition) is 4. The average molecular weight is 361 g/mol. The van der Waals surface area contributed by atoms with Crippen LogP contribution in [0.5, 0.6) is 0 Å². The van der Waals surface area contributed by atoms with Gasteiger partial charge in [0.15, 0.2) is 5.65 Å². The molecule has 1 unspecified atom stereocenters. The predicted octanol–water partition coefficient (Wildman–Crippen LogP) is 3.99. The second kappa shape index (κ2) is 5.43. The predicted molar refractivity (Wildman–Crippen MR) is 88.1 cm³/mol. The zero-order valence-electron chi connectivity index (χ0n) is 12.4. The minimum atomic E-state index is 0.275. The van der Waals surface area contributed by atoms with Gasteiger partial charge in [-0.05, 0) is 47.0 Å². The molecule has 6 heteroatoms. The SMILES string of the molecule is CCc1ccc(C2CCCN2c2ccn3ncc(Br)c3n2)o1. The van der Waals surface area contributed by atoms with Crippen LogP contribution in [0.15, 0.2) is 39.5 Å². The molecule has 1 atom stereocenters. The van der Waals surface area contributed by atoms with Crippen molar-refractivity contribution < 1.29 is 4.42 Å². The fourth-order valence-electron chi connectivity index (χ4n) is 3.09. The van der Waals surface area contributed by atoms with Crippen molar-refractivity contribution in [3.05, 3.63) is 46.6 Å². The lowest BCUT2D eigenvalue weighted by Crippen LogP contribution is -2.23. The Morgan fingerprint density at radius 1 is 1.36 bits per heavy atom. The third-order valence-corrected chi connectivity index (χ3v) is 4.78. The van der Waals surface area contributed by atoms with Crippen LogP contribution in [0.4, 0.5) is 5.82 Å². The monoisotopic (exact) mass is 360 g/mol. The largest absolute Gasteiger partial charge is 0.464 e. The summed E-state index contributed by atoms with van der Waals surface area (Å²) in [4.78, 5) is 7.09. The first kappa shape index (κ1) is 13.8. The van der Waals surface area contributed by atoms with Gasteiger partial charge >= 0.3 is 0 Å². The number of anilines is 1. The van der Waals surface area contributed by atoms with E-state index in [2.05, 4.69) is 45.0 Å². The van der Waals surface area contributed by atoms with Crippen LogP contribution in [0.25, 0.3) is 5.65 Å². The molecule has 5 nitrogen and oxygen atoms in total. The summed E-state index contributed by atoms with van der Waals surface area (Å²) in [7, 11) is 0.